The highest BCUT2D eigenvalue weighted by Crippen LogP contribution is 2.15. The van der Waals surface area contributed by atoms with Crippen molar-refractivity contribution < 1.29 is 20.4 Å². The van der Waals surface area contributed by atoms with E-state index in [0.717, 1.165) is 19.3 Å². The van der Waals surface area contributed by atoms with Crippen LogP contribution in [-0.4, -0.2) is 44.8 Å². The first-order valence-electron chi connectivity index (χ1n) is 6.04. The van der Waals surface area contributed by atoms with Gasteiger partial charge in [-0.3, -0.25) is 0 Å². The molecule has 0 aliphatic heterocycles. The Labute approximate surface area is 97.9 Å². The number of hydrogen-bond acceptors (Lipinski definition) is 4. The Bertz CT molecular complexity index is 165. The lowest BCUT2D eigenvalue weighted by atomic mass is 9.97. The lowest BCUT2D eigenvalue weighted by Gasteiger charge is -2.21. The molecule has 0 rings (SSSR count). The van der Waals surface area contributed by atoms with Crippen molar-refractivity contribution in [1.82, 2.24) is 0 Å². The largest absolute Gasteiger partial charge is 0.394 e. The second kappa shape index (κ2) is 8.01. The molecule has 0 aromatic heterocycles. The second-order valence-electron chi connectivity index (χ2n) is 5.14. The first-order chi connectivity index (χ1) is 7.35. The van der Waals surface area contributed by atoms with E-state index in [1.807, 2.05) is 0 Å². The van der Waals surface area contributed by atoms with Crippen LogP contribution in [0.25, 0.3) is 0 Å². The van der Waals surface area contributed by atoms with E-state index in [1.165, 1.54) is 0 Å². The third kappa shape index (κ3) is 10.4. The van der Waals surface area contributed by atoms with Crippen LogP contribution in [0.3, 0.4) is 0 Å². The van der Waals surface area contributed by atoms with Crippen molar-refractivity contribution in [2.24, 2.45) is 0 Å². The first-order valence-corrected chi connectivity index (χ1v) is 6.04. The minimum absolute atomic E-state index is 0.179. The molecule has 0 aliphatic carbocycles. The van der Waals surface area contributed by atoms with E-state index in [4.69, 9.17) is 10.2 Å². The Balaban J connectivity index is 3.38. The number of unbranched alkanes of at least 4 members (excludes halogenated alkanes) is 2. The van der Waals surface area contributed by atoms with Crippen LogP contribution in [0, 0.1) is 0 Å². The fourth-order valence-electron chi connectivity index (χ4n) is 1.71. The molecule has 0 heterocycles. The Morgan fingerprint density at radius 1 is 0.938 bits per heavy atom. The summed E-state index contributed by atoms with van der Waals surface area (Å²) in [7, 11) is 0. The summed E-state index contributed by atoms with van der Waals surface area (Å²) in [5, 5.41) is 36.7. The highest BCUT2D eigenvalue weighted by atomic mass is 16.3. The van der Waals surface area contributed by atoms with Crippen LogP contribution >= 0.6 is 0 Å². The van der Waals surface area contributed by atoms with E-state index in [9.17, 15) is 10.2 Å². The molecule has 0 bridgehead atoms. The van der Waals surface area contributed by atoms with Crippen LogP contribution in [0.4, 0.5) is 0 Å². The van der Waals surface area contributed by atoms with Gasteiger partial charge in [-0.25, -0.2) is 0 Å². The fourth-order valence-corrected chi connectivity index (χ4v) is 1.71. The summed E-state index contributed by atoms with van der Waals surface area (Å²) < 4.78 is 0. The summed E-state index contributed by atoms with van der Waals surface area (Å²) >= 11 is 0. The van der Waals surface area contributed by atoms with Crippen molar-refractivity contribution in [3.05, 3.63) is 0 Å². The van der Waals surface area contributed by atoms with Crippen molar-refractivity contribution in [3.63, 3.8) is 0 Å². The summed E-state index contributed by atoms with van der Waals surface area (Å²) in [6.45, 7) is 3.20. The van der Waals surface area contributed by atoms with E-state index in [1.54, 1.807) is 13.8 Å². The van der Waals surface area contributed by atoms with Gasteiger partial charge < -0.3 is 20.4 Å². The molecular weight excluding hydrogens is 208 g/mol. The first kappa shape index (κ1) is 15.8. The molecule has 0 radical (unpaired) electrons. The quantitative estimate of drug-likeness (QED) is 0.445. The monoisotopic (exact) mass is 234 g/mol. The van der Waals surface area contributed by atoms with Crippen LogP contribution in [0.5, 0.6) is 0 Å². The van der Waals surface area contributed by atoms with Gasteiger partial charge in [0.1, 0.15) is 0 Å². The van der Waals surface area contributed by atoms with Crippen LogP contribution < -0.4 is 0 Å². The van der Waals surface area contributed by atoms with E-state index in [0.29, 0.717) is 19.3 Å². The maximum Gasteiger partial charge on any atom is 0.0770 e. The van der Waals surface area contributed by atoms with Gasteiger partial charge in [-0.1, -0.05) is 19.3 Å². The maximum absolute atomic E-state index is 9.59. The van der Waals surface area contributed by atoms with E-state index < -0.39 is 17.8 Å². The van der Waals surface area contributed by atoms with Gasteiger partial charge in [-0.05, 0) is 26.7 Å². The molecule has 4 heteroatoms. The van der Waals surface area contributed by atoms with Gasteiger partial charge in [0, 0.05) is 6.42 Å². The van der Waals surface area contributed by atoms with Crippen molar-refractivity contribution >= 4 is 0 Å². The highest BCUT2D eigenvalue weighted by molar-refractivity contribution is 4.70. The third-order valence-electron chi connectivity index (χ3n) is 2.52. The van der Waals surface area contributed by atoms with Crippen molar-refractivity contribution in [1.29, 1.82) is 0 Å². The van der Waals surface area contributed by atoms with Gasteiger partial charge >= 0.3 is 0 Å². The molecule has 2 unspecified atom stereocenters. The van der Waals surface area contributed by atoms with Gasteiger partial charge in [0.05, 0.1) is 24.4 Å². The summed E-state index contributed by atoms with van der Waals surface area (Å²) in [5.41, 5.74) is -0.813. The number of aliphatic hydroxyl groups excluding tert-OH is 3. The number of hydrogen-bond donors (Lipinski definition) is 4. The van der Waals surface area contributed by atoms with E-state index >= 15 is 0 Å². The molecule has 0 amide bonds. The zero-order valence-electron chi connectivity index (χ0n) is 10.4. The number of rotatable bonds is 9. The predicted octanol–water partition coefficient (Wildman–Crippen LogP) is 0.812. The third-order valence-corrected chi connectivity index (χ3v) is 2.52. The van der Waals surface area contributed by atoms with Gasteiger partial charge in [-0.15, -0.1) is 0 Å². The lowest BCUT2D eigenvalue weighted by molar-refractivity contribution is 0.0149. The average molecular weight is 234 g/mol. The molecule has 4 N–H and O–H groups in total. The molecule has 0 aromatic rings. The molecule has 98 valence electrons. The van der Waals surface area contributed by atoms with E-state index in [2.05, 4.69) is 0 Å². The molecule has 0 aliphatic rings. The van der Waals surface area contributed by atoms with Gasteiger partial charge in [-0.2, -0.15) is 0 Å². The smallest absolute Gasteiger partial charge is 0.0770 e. The van der Waals surface area contributed by atoms with Gasteiger partial charge in [0.25, 0.3) is 0 Å². The molecule has 0 fully saturated rings. The molecule has 0 aromatic carbocycles. The zero-order chi connectivity index (χ0) is 12.6. The second-order valence-corrected chi connectivity index (χ2v) is 5.14. The highest BCUT2D eigenvalue weighted by Gasteiger charge is 2.17. The number of aliphatic hydroxyl groups is 4. The molecule has 16 heavy (non-hydrogen) atoms. The van der Waals surface area contributed by atoms with E-state index in [-0.39, 0.29) is 6.61 Å². The van der Waals surface area contributed by atoms with Crippen molar-refractivity contribution in [3.8, 4) is 0 Å². The predicted molar refractivity (Wildman–Crippen MR) is 63.1 cm³/mol. The Hall–Kier alpha value is -0.160. The SMILES string of the molecule is CC(C)(O)CC(O)CCCCCC(O)CO. The lowest BCUT2D eigenvalue weighted by Crippen LogP contribution is -2.26. The minimum atomic E-state index is -0.813. The van der Waals surface area contributed by atoms with Crippen molar-refractivity contribution in [2.45, 2.75) is 70.2 Å². The molecule has 0 spiro atoms. The van der Waals surface area contributed by atoms with Crippen LogP contribution in [0.2, 0.25) is 0 Å². The maximum atomic E-state index is 9.59. The topological polar surface area (TPSA) is 80.9 Å². The standard InChI is InChI=1S/C12H26O4/c1-12(2,16)8-10(14)6-4-3-5-7-11(15)9-13/h10-11,13-16H,3-9H2,1-2H3. The summed E-state index contributed by atoms with van der Waals surface area (Å²) in [6, 6.07) is 0. The molecule has 0 saturated carbocycles. The normalized spacial score (nSPS) is 16.1. The molecule has 0 saturated heterocycles. The molecule has 2 atom stereocenters. The van der Waals surface area contributed by atoms with Crippen LogP contribution in [0.1, 0.15) is 52.4 Å². The Kier molecular flexibility index (Phi) is 7.93. The Morgan fingerprint density at radius 3 is 1.88 bits per heavy atom. The zero-order valence-corrected chi connectivity index (χ0v) is 10.4. The van der Waals surface area contributed by atoms with Crippen molar-refractivity contribution in [2.75, 3.05) is 6.61 Å². The molecular formula is C12H26O4. The van der Waals surface area contributed by atoms with Crippen LogP contribution in [0.15, 0.2) is 0 Å². The van der Waals surface area contributed by atoms with Crippen LogP contribution in [-0.2, 0) is 0 Å². The summed E-state index contributed by atoms with van der Waals surface area (Å²) in [6.07, 6.45) is 3.29. The van der Waals surface area contributed by atoms with Gasteiger partial charge in [0.2, 0.25) is 0 Å². The fraction of sp³-hybridized carbons (Fsp3) is 1.00. The average Bonchev–Trinajstić information content (AvgIpc) is 2.14. The van der Waals surface area contributed by atoms with Gasteiger partial charge in [0.15, 0.2) is 0 Å². The summed E-state index contributed by atoms with van der Waals surface area (Å²) in [5.74, 6) is 0. The Morgan fingerprint density at radius 2 is 1.44 bits per heavy atom. The molecule has 4 nitrogen and oxygen atoms in total. The summed E-state index contributed by atoms with van der Waals surface area (Å²) in [4.78, 5) is 0. The minimum Gasteiger partial charge on any atom is -0.394 e.